The van der Waals surface area contributed by atoms with Crippen molar-refractivity contribution in [2.75, 3.05) is 37.1 Å². The molecule has 0 radical (unpaired) electrons. The minimum absolute atomic E-state index is 0.401. The van der Waals surface area contributed by atoms with Crippen molar-refractivity contribution < 1.29 is 9.30 Å². The Labute approximate surface area is 229 Å². The van der Waals surface area contributed by atoms with E-state index in [0.717, 1.165) is 48.2 Å². The summed E-state index contributed by atoms with van der Waals surface area (Å²) in [7, 11) is -2.51. The zero-order chi connectivity index (χ0) is 26.4. The summed E-state index contributed by atoms with van der Waals surface area (Å²) in [5, 5.41) is 7.84. The Morgan fingerprint density at radius 3 is 2.61 bits per heavy atom. The number of aryl methyl sites for hydroxylation is 3. The third kappa shape index (κ3) is 5.35. The van der Waals surface area contributed by atoms with Gasteiger partial charge in [0.05, 0.1) is 24.6 Å². The molecule has 0 amide bonds. The van der Waals surface area contributed by atoms with Gasteiger partial charge in [0.1, 0.15) is 12.2 Å². The lowest BCUT2D eigenvalue weighted by Crippen LogP contribution is -2.44. The molecule has 7 nitrogen and oxygen atoms in total. The molecule has 3 heterocycles. The lowest BCUT2D eigenvalue weighted by atomic mass is 10.0. The van der Waals surface area contributed by atoms with E-state index in [9.17, 15) is 4.57 Å². The highest BCUT2D eigenvalue weighted by Gasteiger charge is 2.42. The molecule has 3 aliphatic rings. The van der Waals surface area contributed by atoms with E-state index in [-0.39, 0.29) is 0 Å². The zero-order valence-corrected chi connectivity index (χ0v) is 23.9. The molecular weight excluding hydrogens is 517 g/mol. The molecule has 2 saturated heterocycles. The molecular formula is C29H35ClN5O2P. The van der Waals surface area contributed by atoms with E-state index in [1.807, 2.05) is 25.1 Å². The van der Waals surface area contributed by atoms with E-state index in [2.05, 4.69) is 43.7 Å². The van der Waals surface area contributed by atoms with Crippen LogP contribution in [0.25, 0.3) is 0 Å². The van der Waals surface area contributed by atoms with E-state index < -0.39 is 7.14 Å². The van der Waals surface area contributed by atoms with Gasteiger partial charge in [-0.15, -0.1) is 0 Å². The van der Waals surface area contributed by atoms with Crippen molar-refractivity contribution in [2.45, 2.75) is 57.2 Å². The predicted octanol–water partition coefficient (Wildman–Crippen LogP) is 5.89. The Kier molecular flexibility index (Phi) is 6.98. The SMILES string of the molecule is Cc1ccc(Nc2nc(Nc3ccc4c(c3)CC[C@@H](N3C[C@H]5C[C@@H]3CO5)CC4)ncc2Cl)c(P(C)(C)=O)c1. The van der Waals surface area contributed by atoms with Crippen LogP contribution in [0, 0.1) is 6.92 Å². The second-order valence-electron chi connectivity index (χ2n) is 11.3. The van der Waals surface area contributed by atoms with Gasteiger partial charge >= 0.3 is 0 Å². The zero-order valence-electron chi connectivity index (χ0n) is 22.2. The minimum Gasteiger partial charge on any atom is -0.375 e. The molecule has 9 heteroatoms. The monoisotopic (exact) mass is 551 g/mol. The van der Waals surface area contributed by atoms with Gasteiger partial charge in [0.2, 0.25) is 5.95 Å². The van der Waals surface area contributed by atoms with Crippen LogP contribution >= 0.6 is 18.7 Å². The Morgan fingerprint density at radius 2 is 1.87 bits per heavy atom. The van der Waals surface area contributed by atoms with Gasteiger partial charge in [0.15, 0.2) is 5.82 Å². The van der Waals surface area contributed by atoms with Gasteiger partial charge in [0, 0.05) is 29.6 Å². The predicted molar refractivity (Wildman–Crippen MR) is 156 cm³/mol. The first-order valence-corrected chi connectivity index (χ1v) is 16.4. The second kappa shape index (κ2) is 10.3. The van der Waals surface area contributed by atoms with E-state index in [1.165, 1.54) is 30.4 Å². The minimum atomic E-state index is -2.51. The molecule has 0 unspecified atom stereocenters. The van der Waals surface area contributed by atoms with Crippen molar-refractivity contribution in [1.29, 1.82) is 0 Å². The maximum atomic E-state index is 12.9. The molecule has 2 bridgehead atoms. The number of morpholine rings is 1. The summed E-state index contributed by atoms with van der Waals surface area (Å²) in [6.45, 7) is 7.54. The molecule has 0 saturated carbocycles. The van der Waals surface area contributed by atoms with Gasteiger partial charge < -0.3 is 19.9 Å². The van der Waals surface area contributed by atoms with Crippen LogP contribution in [-0.4, -0.2) is 59.5 Å². The lowest BCUT2D eigenvalue weighted by molar-refractivity contribution is 0.00854. The van der Waals surface area contributed by atoms with Crippen molar-refractivity contribution in [2.24, 2.45) is 0 Å². The number of rotatable bonds is 6. The van der Waals surface area contributed by atoms with Crippen LogP contribution in [0.2, 0.25) is 5.02 Å². The molecule has 3 atom stereocenters. The maximum Gasteiger partial charge on any atom is 0.229 e. The number of ether oxygens (including phenoxy) is 1. The van der Waals surface area contributed by atoms with E-state index in [4.69, 9.17) is 16.3 Å². The fourth-order valence-corrected chi connectivity index (χ4v) is 7.51. The normalized spacial score (nSPS) is 23.2. The van der Waals surface area contributed by atoms with Gasteiger partial charge in [-0.3, -0.25) is 4.90 Å². The molecule has 6 rings (SSSR count). The van der Waals surface area contributed by atoms with Gasteiger partial charge in [0.25, 0.3) is 0 Å². The quantitative estimate of drug-likeness (QED) is 0.292. The number of hydrogen-bond donors (Lipinski definition) is 2. The molecule has 200 valence electrons. The first-order valence-electron chi connectivity index (χ1n) is 13.4. The highest BCUT2D eigenvalue weighted by atomic mass is 35.5. The van der Waals surface area contributed by atoms with E-state index in [1.54, 1.807) is 19.5 Å². The number of halogens is 1. The average Bonchev–Trinajstić information content (AvgIpc) is 3.45. The summed E-state index contributed by atoms with van der Waals surface area (Å²) < 4.78 is 18.7. The average molecular weight is 552 g/mol. The largest absolute Gasteiger partial charge is 0.375 e. The molecule has 1 aromatic heterocycles. The summed E-state index contributed by atoms with van der Waals surface area (Å²) in [6.07, 6.45) is 7.82. The number of fused-ring (bicyclic) bond motifs is 3. The van der Waals surface area contributed by atoms with Gasteiger partial charge in [-0.2, -0.15) is 4.98 Å². The van der Waals surface area contributed by atoms with Crippen LogP contribution in [0.3, 0.4) is 0 Å². The summed E-state index contributed by atoms with van der Waals surface area (Å²) in [5.41, 5.74) is 5.60. The van der Waals surface area contributed by atoms with Crippen LogP contribution in [0.1, 0.15) is 36.0 Å². The molecule has 1 aliphatic carbocycles. The number of nitrogens with zero attached hydrogens (tertiary/aromatic N) is 3. The van der Waals surface area contributed by atoms with Gasteiger partial charge in [-0.25, -0.2) is 4.98 Å². The summed E-state index contributed by atoms with van der Waals surface area (Å²) in [6, 6.07) is 13.7. The van der Waals surface area contributed by atoms with Crippen molar-refractivity contribution in [1.82, 2.24) is 14.9 Å². The highest BCUT2D eigenvalue weighted by molar-refractivity contribution is 7.70. The van der Waals surface area contributed by atoms with Crippen molar-refractivity contribution in [3.63, 3.8) is 0 Å². The topological polar surface area (TPSA) is 79.4 Å². The fourth-order valence-electron chi connectivity index (χ4n) is 6.14. The Hall–Kier alpha value is -2.44. The molecule has 38 heavy (non-hydrogen) atoms. The van der Waals surface area contributed by atoms with Gasteiger partial charge in [-0.1, -0.05) is 29.3 Å². The second-order valence-corrected chi connectivity index (χ2v) is 14.9. The van der Waals surface area contributed by atoms with Crippen LogP contribution in [0.5, 0.6) is 0 Å². The van der Waals surface area contributed by atoms with Crippen LogP contribution in [0.4, 0.5) is 23.1 Å². The van der Waals surface area contributed by atoms with Gasteiger partial charge in [-0.05, 0) is 87.7 Å². The third-order valence-corrected chi connectivity index (χ3v) is 9.91. The Balaban J connectivity index is 1.18. The van der Waals surface area contributed by atoms with Crippen molar-refractivity contribution in [3.05, 3.63) is 64.3 Å². The molecule has 2 fully saturated rings. The number of anilines is 4. The Morgan fingerprint density at radius 1 is 1.05 bits per heavy atom. The molecule has 2 N–H and O–H groups in total. The smallest absolute Gasteiger partial charge is 0.229 e. The third-order valence-electron chi connectivity index (χ3n) is 8.10. The number of aromatic nitrogens is 2. The molecule has 2 aromatic carbocycles. The number of benzene rings is 2. The number of hydrogen-bond acceptors (Lipinski definition) is 7. The lowest BCUT2D eigenvalue weighted by Gasteiger charge is -2.34. The first kappa shape index (κ1) is 25.8. The van der Waals surface area contributed by atoms with E-state index >= 15 is 0 Å². The number of nitrogens with one attached hydrogen (secondary N) is 2. The molecule has 2 aliphatic heterocycles. The van der Waals surface area contributed by atoms with Crippen LogP contribution in [0.15, 0.2) is 42.6 Å². The molecule has 0 spiro atoms. The van der Waals surface area contributed by atoms with Crippen LogP contribution < -0.4 is 15.9 Å². The van der Waals surface area contributed by atoms with Crippen molar-refractivity contribution >= 4 is 47.2 Å². The van der Waals surface area contributed by atoms with Crippen LogP contribution in [-0.2, 0) is 22.1 Å². The van der Waals surface area contributed by atoms with E-state index in [0.29, 0.717) is 35.0 Å². The van der Waals surface area contributed by atoms with Crippen molar-refractivity contribution in [3.8, 4) is 0 Å². The maximum absolute atomic E-state index is 12.9. The molecule has 3 aromatic rings. The standard InChI is InChI=1S/C29H35ClN5O2P/c1-18-4-11-26(27(12-18)38(2,3)36)33-28-25(30)15-31-29(34-28)32-21-8-5-19-6-9-22(10-7-20(19)13-21)35-16-24-14-23(35)17-37-24/h4-5,8,11-13,15,22-24H,6-7,9-10,14,16-17H2,1-3H3,(H2,31,32,33,34)/t22-,23+,24+/m0/s1. The summed E-state index contributed by atoms with van der Waals surface area (Å²) in [4.78, 5) is 11.8. The first-order chi connectivity index (χ1) is 18.2. The summed E-state index contributed by atoms with van der Waals surface area (Å²) in [5.74, 6) is 0.936. The Bertz CT molecular complexity index is 1410. The number of likely N-dealkylation sites (tertiary alicyclic amines) is 1. The highest BCUT2D eigenvalue weighted by Crippen LogP contribution is 2.39. The summed E-state index contributed by atoms with van der Waals surface area (Å²) >= 11 is 6.45. The fraction of sp³-hybridized carbons (Fsp3) is 0.448.